The number of carbonyl (C=O) groups excluding carboxylic acids is 2. The van der Waals surface area contributed by atoms with E-state index >= 15 is 0 Å². The number of piperidine rings is 1. The van der Waals surface area contributed by atoms with Gasteiger partial charge in [-0.1, -0.05) is 0 Å². The third kappa shape index (κ3) is 5.39. The van der Waals surface area contributed by atoms with Gasteiger partial charge < -0.3 is 15.5 Å². The summed E-state index contributed by atoms with van der Waals surface area (Å²) in [6.45, 7) is 1.17. The fraction of sp³-hybridized carbons (Fsp3) is 0.533. The van der Waals surface area contributed by atoms with Crippen molar-refractivity contribution in [3.63, 3.8) is 0 Å². The number of nitrogens with zero attached hydrogens (tertiary/aromatic N) is 2. The van der Waals surface area contributed by atoms with E-state index in [9.17, 15) is 22.8 Å². The molecule has 0 bridgehead atoms. The van der Waals surface area contributed by atoms with E-state index in [1.54, 1.807) is 4.90 Å². The minimum absolute atomic E-state index is 0.0880. The first-order valence-electron chi connectivity index (χ1n) is 7.68. The van der Waals surface area contributed by atoms with Crippen LogP contribution < -0.4 is 10.6 Å². The van der Waals surface area contributed by atoms with Gasteiger partial charge in [-0.2, -0.15) is 13.2 Å². The maximum Gasteiger partial charge on any atom is 0.433 e. The standard InChI is InChI=1S/C15H19F3N4O2/c16-15(17,18)12-8-11(4-5-19-12)9-20-14(24)21-10-13(23)22-6-2-1-3-7-22/h4-5,8H,1-3,6-7,9-10H2,(H2,20,21,24). The Morgan fingerprint density at radius 2 is 1.88 bits per heavy atom. The maximum absolute atomic E-state index is 12.5. The van der Waals surface area contributed by atoms with Gasteiger partial charge in [0.15, 0.2) is 0 Å². The minimum atomic E-state index is -4.53. The normalized spacial score (nSPS) is 15.0. The molecule has 0 aliphatic carbocycles. The molecule has 9 heteroatoms. The van der Waals surface area contributed by atoms with Crippen LogP contribution in [0.15, 0.2) is 18.3 Å². The van der Waals surface area contributed by atoms with Crippen molar-refractivity contribution < 1.29 is 22.8 Å². The molecule has 0 atom stereocenters. The Labute approximate surface area is 137 Å². The summed E-state index contributed by atoms with van der Waals surface area (Å²) in [7, 11) is 0. The van der Waals surface area contributed by atoms with Crippen molar-refractivity contribution in [2.75, 3.05) is 19.6 Å². The van der Waals surface area contributed by atoms with Gasteiger partial charge in [-0.3, -0.25) is 9.78 Å². The molecule has 2 rings (SSSR count). The summed E-state index contributed by atoms with van der Waals surface area (Å²) in [5.41, 5.74) is -0.739. The molecule has 0 spiro atoms. The van der Waals surface area contributed by atoms with Crippen LogP contribution in [0.25, 0.3) is 0 Å². The third-order valence-electron chi connectivity index (χ3n) is 3.68. The first-order valence-corrected chi connectivity index (χ1v) is 7.68. The smallest absolute Gasteiger partial charge is 0.341 e. The van der Waals surface area contributed by atoms with Crippen LogP contribution in [0, 0.1) is 0 Å². The quantitative estimate of drug-likeness (QED) is 0.876. The molecule has 24 heavy (non-hydrogen) atoms. The van der Waals surface area contributed by atoms with Crippen molar-refractivity contribution in [2.24, 2.45) is 0 Å². The van der Waals surface area contributed by atoms with Crippen molar-refractivity contribution in [1.29, 1.82) is 0 Å². The Hall–Kier alpha value is -2.32. The van der Waals surface area contributed by atoms with Gasteiger partial charge in [0.05, 0.1) is 6.54 Å². The lowest BCUT2D eigenvalue weighted by Gasteiger charge is -2.26. The molecule has 132 valence electrons. The van der Waals surface area contributed by atoms with Gasteiger partial charge in [-0.05, 0) is 37.0 Å². The summed E-state index contributed by atoms with van der Waals surface area (Å²) >= 11 is 0. The van der Waals surface area contributed by atoms with Gasteiger partial charge in [0.25, 0.3) is 0 Å². The second-order valence-corrected chi connectivity index (χ2v) is 5.52. The van der Waals surface area contributed by atoms with E-state index in [1.165, 1.54) is 6.07 Å². The molecule has 1 aromatic rings. The summed E-state index contributed by atoms with van der Waals surface area (Å²) in [5.74, 6) is -0.159. The highest BCUT2D eigenvalue weighted by atomic mass is 19.4. The van der Waals surface area contributed by atoms with Gasteiger partial charge >= 0.3 is 12.2 Å². The van der Waals surface area contributed by atoms with Gasteiger partial charge in [0.2, 0.25) is 5.91 Å². The number of halogens is 3. The Morgan fingerprint density at radius 3 is 2.54 bits per heavy atom. The molecule has 3 amide bonds. The second kappa shape index (κ2) is 7.98. The van der Waals surface area contributed by atoms with Crippen molar-refractivity contribution in [3.8, 4) is 0 Å². The topological polar surface area (TPSA) is 74.3 Å². The predicted octanol–water partition coefficient (Wildman–Crippen LogP) is 1.91. The number of rotatable bonds is 4. The molecule has 0 saturated carbocycles. The maximum atomic E-state index is 12.5. The van der Waals surface area contributed by atoms with Crippen LogP contribution in [0.5, 0.6) is 0 Å². The predicted molar refractivity (Wildman–Crippen MR) is 79.9 cm³/mol. The Balaban J connectivity index is 1.76. The first kappa shape index (κ1) is 18.0. The minimum Gasteiger partial charge on any atom is -0.341 e. The summed E-state index contributed by atoms with van der Waals surface area (Å²) in [4.78, 5) is 28.5. The van der Waals surface area contributed by atoms with Crippen molar-refractivity contribution in [1.82, 2.24) is 20.5 Å². The van der Waals surface area contributed by atoms with Crippen LogP contribution in [0.2, 0.25) is 0 Å². The number of pyridine rings is 1. The molecular formula is C15H19F3N4O2. The first-order chi connectivity index (χ1) is 11.4. The van der Waals surface area contributed by atoms with E-state index in [0.717, 1.165) is 31.5 Å². The van der Waals surface area contributed by atoms with Crippen molar-refractivity contribution >= 4 is 11.9 Å². The molecule has 1 aliphatic heterocycles. The fourth-order valence-corrected chi connectivity index (χ4v) is 2.40. The monoisotopic (exact) mass is 344 g/mol. The Kier molecular flexibility index (Phi) is 5.99. The number of alkyl halides is 3. The summed E-state index contributed by atoms with van der Waals surface area (Å²) in [6, 6.07) is 1.65. The van der Waals surface area contributed by atoms with Gasteiger partial charge in [0, 0.05) is 25.8 Å². The van der Waals surface area contributed by atoms with Gasteiger partial charge in [-0.25, -0.2) is 4.79 Å². The SMILES string of the molecule is O=C(NCC(=O)N1CCCCC1)NCc1ccnc(C(F)(F)F)c1. The number of urea groups is 1. The average molecular weight is 344 g/mol. The molecule has 1 saturated heterocycles. The highest BCUT2D eigenvalue weighted by Gasteiger charge is 2.32. The van der Waals surface area contributed by atoms with Gasteiger partial charge in [0.1, 0.15) is 5.69 Å². The zero-order valence-electron chi connectivity index (χ0n) is 13.0. The Morgan fingerprint density at radius 1 is 1.17 bits per heavy atom. The second-order valence-electron chi connectivity index (χ2n) is 5.52. The summed E-state index contributed by atoms with van der Waals surface area (Å²) in [5, 5.41) is 4.84. The number of carbonyl (C=O) groups is 2. The van der Waals surface area contributed by atoms with Crippen LogP contribution in [0.4, 0.5) is 18.0 Å². The van der Waals surface area contributed by atoms with E-state index in [0.29, 0.717) is 13.1 Å². The number of hydrogen-bond donors (Lipinski definition) is 2. The van der Waals surface area contributed by atoms with E-state index in [1.807, 2.05) is 0 Å². The van der Waals surface area contributed by atoms with Crippen LogP contribution in [0.1, 0.15) is 30.5 Å². The zero-order valence-corrected chi connectivity index (χ0v) is 13.0. The van der Waals surface area contributed by atoms with E-state index in [2.05, 4.69) is 15.6 Å². The molecule has 0 radical (unpaired) electrons. The number of aromatic nitrogens is 1. The van der Waals surface area contributed by atoms with E-state index < -0.39 is 17.9 Å². The fourth-order valence-electron chi connectivity index (χ4n) is 2.40. The van der Waals surface area contributed by atoms with Gasteiger partial charge in [-0.15, -0.1) is 0 Å². The lowest BCUT2D eigenvalue weighted by Crippen LogP contribution is -2.45. The highest BCUT2D eigenvalue weighted by molar-refractivity contribution is 5.84. The lowest BCUT2D eigenvalue weighted by molar-refractivity contribution is -0.141. The highest BCUT2D eigenvalue weighted by Crippen LogP contribution is 2.27. The zero-order chi connectivity index (χ0) is 17.6. The number of likely N-dealkylation sites (tertiary alicyclic amines) is 1. The summed E-state index contributed by atoms with van der Waals surface area (Å²) < 4.78 is 37.6. The van der Waals surface area contributed by atoms with Crippen LogP contribution in [0.3, 0.4) is 0 Å². The number of hydrogen-bond acceptors (Lipinski definition) is 3. The number of amides is 3. The molecule has 1 fully saturated rings. The molecule has 6 nitrogen and oxygen atoms in total. The molecular weight excluding hydrogens is 325 g/mol. The van der Waals surface area contributed by atoms with Crippen molar-refractivity contribution in [2.45, 2.75) is 32.0 Å². The Bertz CT molecular complexity index is 586. The summed E-state index contributed by atoms with van der Waals surface area (Å²) in [6.07, 6.45) is -0.469. The third-order valence-corrected chi connectivity index (χ3v) is 3.68. The lowest BCUT2D eigenvalue weighted by atomic mass is 10.1. The molecule has 1 aromatic heterocycles. The van der Waals surface area contributed by atoms with Crippen LogP contribution in [-0.4, -0.2) is 41.5 Å². The molecule has 0 unspecified atom stereocenters. The average Bonchev–Trinajstić information content (AvgIpc) is 2.58. The molecule has 1 aliphatic rings. The van der Waals surface area contributed by atoms with Crippen molar-refractivity contribution in [3.05, 3.63) is 29.6 Å². The van der Waals surface area contributed by atoms with E-state index in [-0.39, 0.29) is 24.6 Å². The molecule has 2 N–H and O–H groups in total. The molecule has 2 heterocycles. The van der Waals surface area contributed by atoms with E-state index in [4.69, 9.17) is 0 Å². The molecule has 0 aromatic carbocycles. The largest absolute Gasteiger partial charge is 0.433 e. The number of nitrogens with one attached hydrogen (secondary N) is 2. The van der Waals surface area contributed by atoms with Crippen LogP contribution in [-0.2, 0) is 17.5 Å². The van der Waals surface area contributed by atoms with Crippen LogP contribution >= 0.6 is 0 Å².